The molecule has 30 heavy (non-hydrogen) atoms. The molecular formula is C26H24O4. The van der Waals surface area contributed by atoms with Gasteiger partial charge in [-0.15, -0.1) is 0 Å². The molecule has 0 fully saturated rings. The molecule has 3 rings (SSSR count). The fourth-order valence-corrected chi connectivity index (χ4v) is 3.43. The van der Waals surface area contributed by atoms with E-state index >= 15 is 0 Å². The Kier molecular flexibility index (Phi) is 6.71. The van der Waals surface area contributed by atoms with Gasteiger partial charge in [0.05, 0.1) is 0 Å². The number of phenolic OH excluding ortho intramolecular Hbond substituents is 2. The molecule has 3 N–H and O–H groups in total. The molecule has 0 heterocycles. The minimum absolute atomic E-state index is 0.196. The fraction of sp³-hybridized carbons (Fsp3) is 0.115. The van der Waals surface area contributed by atoms with Crippen molar-refractivity contribution in [2.75, 3.05) is 0 Å². The molecule has 0 radical (unpaired) electrons. The Morgan fingerprint density at radius 3 is 1.90 bits per heavy atom. The molecule has 3 aromatic carbocycles. The van der Waals surface area contributed by atoms with E-state index in [2.05, 4.69) is 6.92 Å². The number of allylic oxidation sites excluding steroid dienone is 1. The highest BCUT2D eigenvalue weighted by Gasteiger charge is 2.14. The summed E-state index contributed by atoms with van der Waals surface area (Å²) in [6.07, 6.45) is 4.44. The monoisotopic (exact) mass is 400 g/mol. The van der Waals surface area contributed by atoms with Gasteiger partial charge in [-0.1, -0.05) is 55.8 Å². The maximum absolute atomic E-state index is 10.9. The van der Waals surface area contributed by atoms with Gasteiger partial charge in [-0.25, -0.2) is 4.79 Å². The van der Waals surface area contributed by atoms with Crippen LogP contribution in [0.2, 0.25) is 0 Å². The number of carbonyl (C=O) groups is 1. The summed E-state index contributed by atoms with van der Waals surface area (Å²) in [6.45, 7) is 2.11. The lowest BCUT2D eigenvalue weighted by Gasteiger charge is -2.18. The van der Waals surface area contributed by atoms with Crippen molar-refractivity contribution in [2.45, 2.75) is 19.8 Å². The van der Waals surface area contributed by atoms with Crippen LogP contribution in [0, 0.1) is 0 Å². The zero-order valence-electron chi connectivity index (χ0n) is 16.7. The molecule has 0 atom stereocenters. The van der Waals surface area contributed by atoms with Crippen LogP contribution in [-0.4, -0.2) is 21.3 Å². The van der Waals surface area contributed by atoms with Crippen molar-refractivity contribution in [1.29, 1.82) is 0 Å². The van der Waals surface area contributed by atoms with E-state index in [1.165, 1.54) is 0 Å². The molecule has 0 aliphatic heterocycles. The first-order chi connectivity index (χ1) is 14.5. The highest BCUT2D eigenvalue weighted by molar-refractivity contribution is 5.99. The van der Waals surface area contributed by atoms with Crippen LogP contribution in [0.15, 0.2) is 78.9 Å². The van der Waals surface area contributed by atoms with Crippen LogP contribution in [0.25, 0.3) is 17.2 Å². The molecule has 0 unspecified atom stereocenters. The molecule has 3 aromatic rings. The lowest BCUT2D eigenvalue weighted by Crippen LogP contribution is -1.96. The second-order valence-corrected chi connectivity index (χ2v) is 6.99. The van der Waals surface area contributed by atoms with Crippen LogP contribution in [0.3, 0.4) is 0 Å². The standard InChI is InChI=1S/C26H24O4/c1-2-4-24(21-6-3-5-18(17-21)7-16-25(29)30)26(19-8-12-22(27)13-9-19)20-10-14-23(28)15-11-20/h3,5-17,27-28H,2,4H2,1H3,(H,29,30)/b16-7+. The van der Waals surface area contributed by atoms with Gasteiger partial charge in [-0.05, 0) is 76.2 Å². The average Bonchev–Trinajstić information content (AvgIpc) is 2.74. The van der Waals surface area contributed by atoms with Crippen LogP contribution >= 0.6 is 0 Å². The fourth-order valence-electron chi connectivity index (χ4n) is 3.43. The number of phenols is 2. The molecular weight excluding hydrogens is 376 g/mol. The predicted molar refractivity (Wildman–Crippen MR) is 120 cm³/mol. The summed E-state index contributed by atoms with van der Waals surface area (Å²) in [5, 5.41) is 28.4. The zero-order chi connectivity index (χ0) is 21.5. The molecule has 0 saturated heterocycles. The van der Waals surface area contributed by atoms with Gasteiger partial charge in [0.2, 0.25) is 0 Å². The molecule has 0 amide bonds. The third-order valence-corrected chi connectivity index (χ3v) is 4.77. The third kappa shape index (κ3) is 5.17. The lowest BCUT2D eigenvalue weighted by atomic mass is 9.87. The van der Waals surface area contributed by atoms with Gasteiger partial charge in [0.1, 0.15) is 11.5 Å². The molecule has 4 heteroatoms. The minimum atomic E-state index is -0.987. The quantitative estimate of drug-likeness (QED) is 0.338. The first kappa shape index (κ1) is 20.9. The number of hydrogen-bond acceptors (Lipinski definition) is 3. The molecule has 0 saturated carbocycles. The Labute approximate surface area is 176 Å². The largest absolute Gasteiger partial charge is 0.508 e. The summed E-state index contributed by atoms with van der Waals surface area (Å²) >= 11 is 0. The van der Waals surface area contributed by atoms with Crippen molar-refractivity contribution in [2.24, 2.45) is 0 Å². The van der Waals surface area contributed by atoms with Crippen LogP contribution in [0.1, 0.15) is 42.0 Å². The van der Waals surface area contributed by atoms with Crippen LogP contribution in [0.5, 0.6) is 11.5 Å². The maximum atomic E-state index is 10.9. The van der Waals surface area contributed by atoms with E-state index in [1.807, 2.05) is 48.5 Å². The maximum Gasteiger partial charge on any atom is 0.328 e. The number of rotatable bonds is 7. The second-order valence-electron chi connectivity index (χ2n) is 6.99. The number of benzene rings is 3. The Morgan fingerprint density at radius 2 is 1.40 bits per heavy atom. The second kappa shape index (κ2) is 9.61. The number of aromatic hydroxyl groups is 2. The van der Waals surface area contributed by atoms with Crippen molar-refractivity contribution >= 4 is 23.2 Å². The van der Waals surface area contributed by atoms with E-state index in [9.17, 15) is 15.0 Å². The van der Waals surface area contributed by atoms with E-state index in [4.69, 9.17) is 5.11 Å². The average molecular weight is 400 g/mol. The van der Waals surface area contributed by atoms with Crippen molar-refractivity contribution in [3.63, 3.8) is 0 Å². The SMILES string of the molecule is CCCC(=C(c1ccc(O)cc1)c1ccc(O)cc1)c1cccc(/C=C/C(=O)O)c1. The van der Waals surface area contributed by atoms with Gasteiger partial charge >= 0.3 is 5.97 Å². The normalized spacial score (nSPS) is 10.8. The number of hydrogen-bond donors (Lipinski definition) is 3. The molecule has 4 nitrogen and oxygen atoms in total. The summed E-state index contributed by atoms with van der Waals surface area (Å²) in [5.74, 6) is -0.595. The Morgan fingerprint density at radius 1 is 0.833 bits per heavy atom. The topological polar surface area (TPSA) is 77.8 Å². The van der Waals surface area contributed by atoms with E-state index in [0.29, 0.717) is 0 Å². The Bertz CT molecular complexity index is 1030. The highest BCUT2D eigenvalue weighted by Crippen LogP contribution is 2.36. The van der Waals surface area contributed by atoms with E-state index in [1.54, 1.807) is 30.3 Å². The van der Waals surface area contributed by atoms with Crippen molar-refractivity contribution < 1.29 is 20.1 Å². The highest BCUT2D eigenvalue weighted by atomic mass is 16.4. The Balaban J connectivity index is 2.24. The van der Waals surface area contributed by atoms with Gasteiger partial charge in [0.15, 0.2) is 0 Å². The summed E-state index contributed by atoms with van der Waals surface area (Å²) in [5.41, 5.74) is 5.83. The van der Waals surface area contributed by atoms with Crippen LogP contribution in [0.4, 0.5) is 0 Å². The third-order valence-electron chi connectivity index (χ3n) is 4.77. The molecule has 0 aromatic heterocycles. The van der Waals surface area contributed by atoms with Crippen molar-refractivity contribution in [3.05, 3.63) is 101 Å². The minimum Gasteiger partial charge on any atom is -0.508 e. The summed E-state index contributed by atoms with van der Waals surface area (Å²) < 4.78 is 0. The molecule has 0 aliphatic carbocycles. The van der Waals surface area contributed by atoms with Gasteiger partial charge in [0.25, 0.3) is 0 Å². The van der Waals surface area contributed by atoms with E-state index in [-0.39, 0.29) is 11.5 Å². The van der Waals surface area contributed by atoms with E-state index in [0.717, 1.165) is 52.3 Å². The lowest BCUT2D eigenvalue weighted by molar-refractivity contribution is -0.131. The van der Waals surface area contributed by atoms with Gasteiger partial charge < -0.3 is 15.3 Å². The molecule has 152 valence electrons. The summed E-state index contributed by atoms with van der Waals surface area (Å²) in [7, 11) is 0. The molecule has 0 bridgehead atoms. The van der Waals surface area contributed by atoms with Crippen LogP contribution in [-0.2, 0) is 4.79 Å². The zero-order valence-corrected chi connectivity index (χ0v) is 16.7. The van der Waals surface area contributed by atoms with E-state index < -0.39 is 5.97 Å². The first-order valence-corrected chi connectivity index (χ1v) is 9.81. The van der Waals surface area contributed by atoms with Gasteiger partial charge in [0, 0.05) is 6.08 Å². The van der Waals surface area contributed by atoms with Crippen molar-refractivity contribution in [3.8, 4) is 11.5 Å². The Hall–Kier alpha value is -3.79. The predicted octanol–water partition coefficient (Wildman–Crippen LogP) is 5.95. The van der Waals surface area contributed by atoms with Crippen LogP contribution < -0.4 is 0 Å². The van der Waals surface area contributed by atoms with Gasteiger partial charge in [-0.3, -0.25) is 0 Å². The van der Waals surface area contributed by atoms with Crippen molar-refractivity contribution in [1.82, 2.24) is 0 Å². The first-order valence-electron chi connectivity index (χ1n) is 9.81. The molecule has 0 aliphatic rings. The summed E-state index contributed by atoms with van der Waals surface area (Å²) in [4.78, 5) is 10.9. The van der Waals surface area contributed by atoms with Gasteiger partial charge in [-0.2, -0.15) is 0 Å². The number of aliphatic carboxylic acids is 1. The smallest absolute Gasteiger partial charge is 0.328 e. The molecule has 0 spiro atoms. The summed E-state index contributed by atoms with van der Waals surface area (Å²) in [6, 6.07) is 21.9. The number of carboxylic acid groups (broad SMARTS) is 1. The number of carboxylic acids is 1.